The van der Waals surface area contributed by atoms with Crippen LogP contribution in [0.15, 0.2) is 54.6 Å². The van der Waals surface area contributed by atoms with E-state index in [1.54, 1.807) is 24.3 Å². The van der Waals surface area contributed by atoms with Crippen LogP contribution in [-0.4, -0.2) is 5.11 Å². The van der Waals surface area contributed by atoms with E-state index in [0.717, 1.165) is 6.07 Å². The first-order chi connectivity index (χ1) is 12.6. The number of alkyl halides is 3. The van der Waals surface area contributed by atoms with Crippen LogP contribution >= 0.6 is 23.2 Å². The van der Waals surface area contributed by atoms with E-state index in [1.807, 2.05) is 0 Å². The maximum atomic E-state index is 13.2. The largest absolute Gasteiger partial charge is 0.507 e. The maximum Gasteiger partial charge on any atom is 0.418 e. The van der Waals surface area contributed by atoms with E-state index < -0.39 is 11.7 Å². The van der Waals surface area contributed by atoms with Crippen LogP contribution in [0.1, 0.15) is 5.56 Å². The highest BCUT2D eigenvalue weighted by atomic mass is 35.5. The number of aromatic hydroxyl groups is 1. The molecule has 8 heteroatoms. The minimum Gasteiger partial charge on any atom is -0.507 e. The summed E-state index contributed by atoms with van der Waals surface area (Å²) in [6.07, 6.45) is -4.61. The summed E-state index contributed by atoms with van der Waals surface area (Å²) in [6.45, 7) is 0. The molecule has 0 amide bonds. The Hall–Kier alpha value is -2.57. The number of anilines is 3. The molecule has 0 unspecified atom stereocenters. The molecule has 0 aliphatic rings. The summed E-state index contributed by atoms with van der Waals surface area (Å²) in [7, 11) is 0. The van der Waals surface area contributed by atoms with Crippen molar-refractivity contribution in [2.24, 2.45) is 0 Å². The molecule has 27 heavy (non-hydrogen) atoms. The van der Waals surface area contributed by atoms with Gasteiger partial charge in [0.15, 0.2) is 0 Å². The lowest BCUT2D eigenvalue weighted by atomic mass is 10.0. The van der Waals surface area contributed by atoms with Crippen LogP contribution in [0.2, 0.25) is 10.0 Å². The van der Waals surface area contributed by atoms with E-state index in [0.29, 0.717) is 16.8 Å². The number of phenolic OH excluding ortho intramolecular Hbond substituents is 1. The Morgan fingerprint density at radius 1 is 0.889 bits per heavy atom. The lowest BCUT2D eigenvalue weighted by Crippen LogP contribution is -2.09. The molecule has 3 nitrogen and oxygen atoms in total. The molecule has 0 heterocycles. The highest BCUT2D eigenvalue weighted by Crippen LogP contribution is 2.41. The van der Waals surface area contributed by atoms with E-state index in [2.05, 4.69) is 5.32 Å². The Morgan fingerprint density at radius 3 is 2.19 bits per heavy atom. The zero-order valence-corrected chi connectivity index (χ0v) is 15.1. The Labute approximate surface area is 163 Å². The number of nitrogen functional groups attached to an aromatic ring is 1. The average molecular weight is 413 g/mol. The zero-order chi connectivity index (χ0) is 19.8. The molecule has 3 aromatic rings. The molecule has 0 aliphatic carbocycles. The van der Waals surface area contributed by atoms with Gasteiger partial charge in [-0.25, -0.2) is 0 Å². The average Bonchev–Trinajstić information content (AvgIpc) is 2.59. The molecular formula is C19H13Cl2F3N2O. The first kappa shape index (κ1) is 19.2. The first-order valence-corrected chi connectivity index (χ1v) is 8.43. The van der Waals surface area contributed by atoms with Gasteiger partial charge in [0.2, 0.25) is 0 Å². The topological polar surface area (TPSA) is 58.3 Å². The molecule has 0 atom stereocenters. The van der Waals surface area contributed by atoms with E-state index in [9.17, 15) is 18.3 Å². The number of rotatable bonds is 3. The summed E-state index contributed by atoms with van der Waals surface area (Å²) >= 11 is 11.9. The van der Waals surface area contributed by atoms with Gasteiger partial charge in [-0.3, -0.25) is 0 Å². The fourth-order valence-corrected chi connectivity index (χ4v) is 2.94. The summed E-state index contributed by atoms with van der Waals surface area (Å²) in [4.78, 5) is 0. The molecule has 0 saturated heterocycles. The van der Waals surface area contributed by atoms with Gasteiger partial charge >= 0.3 is 6.18 Å². The van der Waals surface area contributed by atoms with Crippen molar-refractivity contribution in [2.75, 3.05) is 11.1 Å². The Balaban J connectivity index is 2.00. The SMILES string of the molecule is Nc1ccc(-c2cc(Cl)c(Nc3ccc(Cl)cc3C(F)(F)F)cc2O)cc1. The minimum absolute atomic E-state index is 0.0412. The number of hydrogen-bond acceptors (Lipinski definition) is 3. The van der Waals surface area contributed by atoms with Crippen molar-refractivity contribution < 1.29 is 18.3 Å². The molecule has 0 spiro atoms. The second kappa shape index (κ2) is 7.21. The fourth-order valence-electron chi connectivity index (χ4n) is 2.56. The second-order valence-electron chi connectivity index (χ2n) is 5.78. The summed E-state index contributed by atoms with van der Waals surface area (Å²) in [6, 6.07) is 12.8. The van der Waals surface area contributed by atoms with Gasteiger partial charge in [0.1, 0.15) is 5.75 Å². The van der Waals surface area contributed by atoms with Gasteiger partial charge in [0.25, 0.3) is 0 Å². The van der Waals surface area contributed by atoms with Crippen LogP contribution in [0.3, 0.4) is 0 Å². The Bertz CT molecular complexity index is 989. The van der Waals surface area contributed by atoms with Crippen LogP contribution in [0.4, 0.5) is 30.2 Å². The molecule has 0 aliphatic heterocycles. The number of phenols is 1. The van der Waals surface area contributed by atoms with Gasteiger partial charge in [-0.2, -0.15) is 13.2 Å². The van der Waals surface area contributed by atoms with Crippen molar-refractivity contribution in [1.29, 1.82) is 0 Å². The third-order valence-corrected chi connectivity index (χ3v) is 4.41. The van der Waals surface area contributed by atoms with Crippen molar-refractivity contribution in [1.82, 2.24) is 0 Å². The molecule has 0 radical (unpaired) electrons. The fraction of sp³-hybridized carbons (Fsp3) is 0.0526. The lowest BCUT2D eigenvalue weighted by molar-refractivity contribution is -0.136. The second-order valence-corrected chi connectivity index (χ2v) is 6.63. The molecule has 0 bridgehead atoms. The molecule has 0 saturated carbocycles. The molecule has 0 fully saturated rings. The lowest BCUT2D eigenvalue weighted by Gasteiger charge is -2.17. The molecule has 3 rings (SSSR count). The maximum absolute atomic E-state index is 13.2. The van der Waals surface area contributed by atoms with Gasteiger partial charge < -0.3 is 16.2 Å². The van der Waals surface area contributed by atoms with Gasteiger partial charge in [0, 0.05) is 22.3 Å². The summed E-state index contributed by atoms with van der Waals surface area (Å²) in [5.74, 6) is -0.144. The molecule has 140 valence electrons. The standard InChI is InChI=1S/C19H13Cl2F3N2O/c20-11-3-6-16(14(7-11)19(22,23)24)26-17-9-18(27)13(8-15(17)21)10-1-4-12(25)5-2-10/h1-9,26-27H,25H2. The van der Waals surface area contributed by atoms with Gasteiger partial charge in [-0.15, -0.1) is 0 Å². The predicted molar refractivity (Wildman–Crippen MR) is 103 cm³/mol. The minimum atomic E-state index is -4.61. The highest BCUT2D eigenvalue weighted by Gasteiger charge is 2.34. The zero-order valence-electron chi connectivity index (χ0n) is 13.6. The highest BCUT2D eigenvalue weighted by molar-refractivity contribution is 6.34. The van der Waals surface area contributed by atoms with Crippen LogP contribution in [-0.2, 0) is 6.18 Å². The van der Waals surface area contributed by atoms with Crippen molar-refractivity contribution in [2.45, 2.75) is 6.18 Å². The first-order valence-electron chi connectivity index (χ1n) is 7.67. The Kier molecular flexibility index (Phi) is 5.13. The Morgan fingerprint density at radius 2 is 1.56 bits per heavy atom. The number of benzene rings is 3. The molecule has 0 aromatic heterocycles. The third-order valence-electron chi connectivity index (χ3n) is 3.86. The molecular weight excluding hydrogens is 400 g/mol. The van der Waals surface area contributed by atoms with Crippen LogP contribution < -0.4 is 11.1 Å². The summed E-state index contributed by atoms with van der Waals surface area (Å²) < 4.78 is 39.7. The van der Waals surface area contributed by atoms with E-state index >= 15 is 0 Å². The van der Waals surface area contributed by atoms with Gasteiger partial charge in [-0.05, 0) is 42.0 Å². The van der Waals surface area contributed by atoms with Crippen LogP contribution in [0.5, 0.6) is 5.75 Å². The van der Waals surface area contributed by atoms with E-state index in [4.69, 9.17) is 28.9 Å². The summed E-state index contributed by atoms with van der Waals surface area (Å²) in [5, 5.41) is 13.0. The number of nitrogens with one attached hydrogen (secondary N) is 1. The predicted octanol–water partition coefficient (Wildman–Crippen LogP) is 6.71. The van der Waals surface area contributed by atoms with Gasteiger partial charge in [0.05, 0.1) is 22.0 Å². The number of halogens is 5. The van der Waals surface area contributed by atoms with Crippen molar-refractivity contribution in [3.8, 4) is 16.9 Å². The monoisotopic (exact) mass is 412 g/mol. The molecule has 4 N–H and O–H groups in total. The number of nitrogens with two attached hydrogens (primary N) is 1. The van der Waals surface area contributed by atoms with Crippen molar-refractivity contribution >= 4 is 40.3 Å². The van der Waals surface area contributed by atoms with Crippen LogP contribution in [0, 0.1) is 0 Å². The normalized spacial score (nSPS) is 11.4. The molecule has 3 aromatic carbocycles. The van der Waals surface area contributed by atoms with Crippen LogP contribution in [0.25, 0.3) is 11.1 Å². The van der Waals surface area contributed by atoms with Crippen molar-refractivity contribution in [3.63, 3.8) is 0 Å². The number of hydrogen-bond donors (Lipinski definition) is 3. The van der Waals surface area contributed by atoms with Crippen molar-refractivity contribution in [3.05, 3.63) is 70.2 Å². The van der Waals surface area contributed by atoms with E-state index in [1.165, 1.54) is 24.3 Å². The third kappa shape index (κ3) is 4.23. The quantitative estimate of drug-likeness (QED) is 0.418. The van der Waals surface area contributed by atoms with Gasteiger partial charge in [-0.1, -0.05) is 35.3 Å². The van der Waals surface area contributed by atoms with E-state index in [-0.39, 0.29) is 27.2 Å². The summed E-state index contributed by atoms with van der Waals surface area (Å²) in [5.41, 5.74) is 6.26. The smallest absolute Gasteiger partial charge is 0.418 e.